The van der Waals surface area contributed by atoms with E-state index in [9.17, 15) is 4.79 Å². The number of ether oxygens (including phenoxy) is 1. The van der Waals surface area contributed by atoms with Crippen LogP contribution >= 0.6 is 0 Å². The fraction of sp³-hybridized carbons (Fsp3) is 0.933. The first-order valence-electron chi connectivity index (χ1n) is 7.31. The van der Waals surface area contributed by atoms with Crippen molar-refractivity contribution in [3.8, 4) is 0 Å². The molecular weight excluding hydrogens is 226 g/mol. The summed E-state index contributed by atoms with van der Waals surface area (Å²) in [5.74, 6) is 0.103. The van der Waals surface area contributed by atoms with Crippen LogP contribution in [-0.2, 0) is 9.53 Å². The summed E-state index contributed by atoms with van der Waals surface area (Å²) in [5, 5.41) is 0. The molecule has 0 radical (unpaired) electrons. The molecule has 1 aliphatic rings. The Morgan fingerprint density at radius 2 is 2.11 bits per heavy atom. The molecule has 0 aliphatic carbocycles. The number of piperidine rings is 1. The van der Waals surface area contributed by atoms with Crippen LogP contribution in [0.15, 0.2) is 0 Å². The van der Waals surface area contributed by atoms with Gasteiger partial charge in [0.1, 0.15) is 0 Å². The molecule has 1 atom stereocenters. The van der Waals surface area contributed by atoms with Crippen LogP contribution in [0.2, 0.25) is 0 Å². The van der Waals surface area contributed by atoms with Crippen LogP contribution in [0.5, 0.6) is 0 Å². The number of carbonyl (C=O) groups is 1. The van der Waals surface area contributed by atoms with Crippen molar-refractivity contribution in [3.05, 3.63) is 0 Å². The number of rotatable bonds is 5. The Morgan fingerprint density at radius 3 is 2.72 bits per heavy atom. The number of hydrogen-bond donors (Lipinski definition) is 0. The summed E-state index contributed by atoms with van der Waals surface area (Å²) in [6, 6.07) is 0. The van der Waals surface area contributed by atoms with Gasteiger partial charge < -0.3 is 9.64 Å². The highest BCUT2D eigenvalue weighted by Crippen LogP contribution is 2.22. The average Bonchev–Trinajstić information content (AvgIpc) is 2.28. The maximum Gasteiger partial charge on any atom is 0.310 e. The minimum atomic E-state index is -0.00183. The molecular formula is C15H29NO2. The molecule has 0 aromatic heterocycles. The zero-order valence-corrected chi connectivity index (χ0v) is 12.5. The average molecular weight is 255 g/mol. The lowest BCUT2D eigenvalue weighted by molar-refractivity contribution is -0.149. The minimum Gasteiger partial charge on any atom is -0.466 e. The van der Waals surface area contributed by atoms with Gasteiger partial charge in [0.2, 0.25) is 0 Å². The predicted molar refractivity (Wildman–Crippen MR) is 74.5 cm³/mol. The minimum absolute atomic E-state index is 0.00183. The summed E-state index contributed by atoms with van der Waals surface area (Å²) in [5.41, 5.74) is 0.413. The van der Waals surface area contributed by atoms with Gasteiger partial charge in [-0.3, -0.25) is 4.79 Å². The molecule has 0 amide bonds. The van der Waals surface area contributed by atoms with E-state index in [4.69, 9.17) is 4.74 Å². The van der Waals surface area contributed by atoms with Crippen LogP contribution in [0.1, 0.15) is 53.4 Å². The van der Waals surface area contributed by atoms with Gasteiger partial charge in [0, 0.05) is 6.54 Å². The molecule has 1 fully saturated rings. The van der Waals surface area contributed by atoms with Gasteiger partial charge in [-0.15, -0.1) is 0 Å². The van der Waals surface area contributed by atoms with E-state index < -0.39 is 0 Å². The molecule has 0 N–H and O–H groups in total. The normalized spacial score (nSPS) is 21.9. The molecule has 1 aliphatic heterocycles. The highest BCUT2D eigenvalue weighted by atomic mass is 16.5. The fourth-order valence-corrected chi connectivity index (χ4v) is 2.54. The summed E-state index contributed by atoms with van der Waals surface area (Å²) in [7, 11) is 0. The Hall–Kier alpha value is -0.570. The van der Waals surface area contributed by atoms with Gasteiger partial charge in [-0.1, -0.05) is 20.8 Å². The molecule has 3 heteroatoms. The highest BCUT2D eigenvalue weighted by Gasteiger charge is 2.26. The highest BCUT2D eigenvalue weighted by molar-refractivity contribution is 5.72. The first kappa shape index (κ1) is 15.5. The molecule has 0 saturated carbocycles. The molecule has 3 nitrogen and oxygen atoms in total. The Morgan fingerprint density at radius 1 is 1.39 bits per heavy atom. The van der Waals surface area contributed by atoms with Crippen LogP contribution in [0, 0.1) is 11.3 Å². The number of esters is 1. The molecule has 1 saturated heterocycles. The van der Waals surface area contributed by atoms with Gasteiger partial charge in [0.15, 0.2) is 0 Å². The largest absolute Gasteiger partial charge is 0.466 e. The molecule has 106 valence electrons. The van der Waals surface area contributed by atoms with Crippen molar-refractivity contribution in [2.75, 3.05) is 26.2 Å². The topological polar surface area (TPSA) is 29.5 Å². The SMILES string of the molecule is CCOC(=O)[C@H]1CCCN(CCCC(C)(C)C)C1. The third-order valence-corrected chi connectivity index (χ3v) is 3.53. The quantitative estimate of drug-likeness (QED) is 0.707. The van der Waals surface area contributed by atoms with Gasteiger partial charge in [0.05, 0.1) is 12.5 Å². The smallest absolute Gasteiger partial charge is 0.310 e. The van der Waals surface area contributed by atoms with Crippen molar-refractivity contribution in [1.29, 1.82) is 0 Å². The van der Waals surface area contributed by atoms with Gasteiger partial charge in [0.25, 0.3) is 0 Å². The van der Waals surface area contributed by atoms with Gasteiger partial charge in [-0.25, -0.2) is 0 Å². The molecule has 1 heterocycles. The maximum atomic E-state index is 11.7. The van der Waals surface area contributed by atoms with Gasteiger partial charge in [-0.05, 0) is 51.1 Å². The first-order chi connectivity index (χ1) is 8.42. The lowest BCUT2D eigenvalue weighted by Crippen LogP contribution is -2.40. The van der Waals surface area contributed by atoms with Crippen LogP contribution < -0.4 is 0 Å². The number of carbonyl (C=O) groups excluding carboxylic acids is 1. The Balaban J connectivity index is 2.28. The molecule has 0 spiro atoms. The van der Waals surface area contributed by atoms with E-state index >= 15 is 0 Å². The van der Waals surface area contributed by atoms with Crippen molar-refractivity contribution in [2.24, 2.45) is 11.3 Å². The van der Waals surface area contributed by atoms with Crippen LogP contribution in [0.3, 0.4) is 0 Å². The number of nitrogens with zero attached hydrogens (tertiary/aromatic N) is 1. The monoisotopic (exact) mass is 255 g/mol. The summed E-state index contributed by atoms with van der Waals surface area (Å²) in [6.07, 6.45) is 4.58. The van der Waals surface area contributed by atoms with E-state index in [2.05, 4.69) is 25.7 Å². The summed E-state index contributed by atoms with van der Waals surface area (Å²) in [4.78, 5) is 14.2. The first-order valence-corrected chi connectivity index (χ1v) is 7.31. The number of likely N-dealkylation sites (tertiary alicyclic amines) is 1. The third-order valence-electron chi connectivity index (χ3n) is 3.53. The predicted octanol–water partition coefficient (Wildman–Crippen LogP) is 3.09. The Labute approximate surface area is 112 Å². The lowest BCUT2D eigenvalue weighted by Gasteiger charge is -2.32. The van der Waals surface area contributed by atoms with E-state index in [1.54, 1.807) is 0 Å². The van der Waals surface area contributed by atoms with Gasteiger partial charge in [-0.2, -0.15) is 0 Å². The van der Waals surface area contributed by atoms with Gasteiger partial charge >= 0.3 is 5.97 Å². The van der Waals surface area contributed by atoms with Crippen LogP contribution in [-0.4, -0.2) is 37.1 Å². The summed E-state index contributed by atoms with van der Waals surface area (Å²) in [6.45, 7) is 12.4. The number of hydrogen-bond acceptors (Lipinski definition) is 3. The van der Waals surface area contributed by atoms with Crippen LogP contribution in [0.4, 0.5) is 0 Å². The molecule has 0 bridgehead atoms. The second kappa shape index (κ2) is 7.13. The van der Waals surface area contributed by atoms with Crippen molar-refractivity contribution >= 4 is 5.97 Å². The van der Waals surface area contributed by atoms with Crippen molar-refractivity contribution in [1.82, 2.24) is 4.90 Å². The third kappa shape index (κ3) is 5.85. The molecule has 18 heavy (non-hydrogen) atoms. The maximum absolute atomic E-state index is 11.7. The summed E-state index contributed by atoms with van der Waals surface area (Å²) >= 11 is 0. The molecule has 0 aromatic carbocycles. The van der Waals surface area contributed by atoms with Crippen molar-refractivity contribution in [3.63, 3.8) is 0 Å². The van der Waals surface area contributed by atoms with E-state index in [-0.39, 0.29) is 11.9 Å². The fourth-order valence-electron chi connectivity index (χ4n) is 2.54. The standard InChI is InChI=1S/C15H29NO2/c1-5-18-14(17)13-8-6-10-16(12-13)11-7-9-15(2,3)4/h13H,5-12H2,1-4H3/t13-/m0/s1. The molecule has 0 aromatic rings. The van der Waals surface area contributed by atoms with E-state index in [0.717, 1.165) is 32.5 Å². The molecule has 0 unspecified atom stereocenters. The van der Waals surface area contributed by atoms with Crippen molar-refractivity contribution < 1.29 is 9.53 Å². The Kier molecular flexibility index (Phi) is 6.13. The second-order valence-corrected chi connectivity index (χ2v) is 6.56. The van der Waals surface area contributed by atoms with E-state index in [1.807, 2.05) is 6.92 Å². The molecule has 1 rings (SSSR count). The second-order valence-electron chi connectivity index (χ2n) is 6.56. The lowest BCUT2D eigenvalue weighted by atomic mass is 9.90. The van der Waals surface area contributed by atoms with Crippen LogP contribution in [0.25, 0.3) is 0 Å². The van der Waals surface area contributed by atoms with E-state index in [0.29, 0.717) is 12.0 Å². The zero-order valence-electron chi connectivity index (χ0n) is 12.5. The zero-order chi connectivity index (χ0) is 13.6. The summed E-state index contributed by atoms with van der Waals surface area (Å²) < 4.78 is 5.12. The van der Waals surface area contributed by atoms with Crippen molar-refractivity contribution in [2.45, 2.75) is 53.4 Å². The van der Waals surface area contributed by atoms with E-state index in [1.165, 1.54) is 12.8 Å². The Bertz CT molecular complexity index is 258.